The molecule has 2 aliphatic rings. The third-order valence-electron chi connectivity index (χ3n) is 5.89. The Morgan fingerprint density at radius 1 is 0.960 bits per heavy atom. The lowest BCUT2D eigenvalue weighted by atomic mass is 9.88. The first-order valence-electron chi connectivity index (χ1n) is 10.1. The molecular weight excluding hydrogens is 310 g/mol. The number of amides is 1. The quantitative estimate of drug-likeness (QED) is 0.814. The Labute approximate surface area is 152 Å². The number of carbonyl (C=O) groups excluding carboxylic acids is 1. The summed E-state index contributed by atoms with van der Waals surface area (Å²) in [4.78, 5) is 19.6. The molecule has 0 bridgehead atoms. The summed E-state index contributed by atoms with van der Waals surface area (Å²) < 4.78 is 0. The summed E-state index contributed by atoms with van der Waals surface area (Å²) in [6.07, 6.45) is 5.98. The van der Waals surface area contributed by atoms with E-state index in [1.807, 2.05) is 0 Å². The van der Waals surface area contributed by atoms with Gasteiger partial charge in [-0.15, -0.1) is 0 Å². The SMILES string of the molecule is CCN(CC)c1ccc(N2CCN(C(=O)C3CCCCC3)CC2)cc1. The van der Waals surface area contributed by atoms with Crippen LogP contribution in [0.5, 0.6) is 0 Å². The van der Waals surface area contributed by atoms with Gasteiger partial charge in [0, 0.05) is 56.6 Å². The van der Waals surface area contributed by atoms with E-state index in [9.17, 15) is 4.79 Å². The molecule has 2 fully saturated rings. The molecule has 0 atom stereocenters. The summed E-state index contributed by atoms with van der Waals surface area (Å²) in [5.74, 6) is 0.713. The summed E-state index contributed by atoms with van der Waals surface area (Å²) in [7, 11) is 0. The zero-order chi connectivity index (χ0) is 17.6. The summed E-state index contributed by atoms with van der Waals surface area (Å²) in [6, 6.07) is 8.91. The second-order valence-electron chi connectivity index (χ2n) is 7.34. The third kappa shape index (κ3) is 4.28. The molecule has 25 heavy (non-hydrogen) atoms. The number of nitrogens with zero attached hydrogens (tertiary/aromatic N) is 3. The van der Waals surface area contributed by atoms with Crippen molar-refractivity contribution < 1.29 is 4.79 Å². The highest BCUT2D eigenvalue weighted by molar-refractivity contribution is 5.79. The zero-order valence-corrected chi connectivity index (χ0v) is 15.9. The van der Waals surface area contributed by atoms with Crippen molar-refractivity contribution in [2.75, 3.05) is 49.1 Å². The minimum absolute atomic E-state index is 0.300. The molecule has 4 heteroatoms. The predicted molar refractivity (Wildman–Crippen MR) is 105 cm³/mol. The number of piperazine rings is 1. The Morgan fingerprint density at radius 2 is 1.56 bits per heavy atom. The Kier molecular flexibility index (Phi) is 6.22. The predicted octanol–water partition coefficient (Wildman–Crippen LogP) is 3.76. The smallest absolute Gasteiger partial charge is 0.225 e. The second-order valence-corrected chi connectivity index (χ2v) is 7.34. The molecule has 0 unspecified atom stereocenters. The van der Waals surface area contributed by atoms with E-state index in [0.717, 1.165) is 52.1 Å². The van der Waals surface area contributed by atoms with Crippen LogP contribution in [-0.2, 0) is 4.79 Å². The molecule has 1 heterocycles. The number of rotatable bonds is 5. The first-order chi connectivity index (χ1) is 12.2. The molecule has 138 valence electrons. The van der Waals surface area contributed by atoms with Crippen LogP contribution in [0.25, 0.3) is 0 Å². The molecule has 0 N–H and O–H groups in total. The number of hydrogen-bond donors (Lipinski definition) is 0. The van der Waals surface area contributed by atoms with Crippen LogP contribution in [0, 0.1) is 5.92 Å². The fraction of sp³-hybridized carbons (Fsp3) is 0.667. The average Bonchev–Trinajstić information content (AvgIpc) is 2.70. The fourth-order valence-electron chi connectivity index (χ4n) is 4.26. The van der Waals surface area contributed by atoms with Crippen LogP contribution in [0.4, 0.5) is 11.4 Å². The van der Waals surface area contributed by atoms with Gasteiger partial charge in [-0.1, -0.05) is 19.3 Å². The molecular formula is C21H33N3O. The van der Waals surface area contributed by atoms with E-state index in [-0.39, 0.29) is 0 Å². The highest BCUT2D eigenvalue weighted by Gasteiger charge is 2.28. The van der Waals surface area contributed by atoms with Gasteiger partial charge >= 0.3 is 0 Å². The molecule has 0 aromatic heterocycles. The van der Waals surface area contributed by atoms with Crippen LogP contribution in [0.2, 0.25) is 0 Å². The van der Waals surface area contributed by atoms with E-state index in [0.29, 0.717) is 11.8 Å². The summed E-state index contributed by atoms with van der Waals surface area (Å²) in [5, 5.41) is 0. The molecule has 1 aliphatic carbocycles. The molecule has 0 spiro atoms. The number of carbonyl (C=O) groups is 1. The normalized spacial score (nSPS) is 19.1. The lowest BCUT2D eigenvalue weighted by Gasteiger charge is -2.38. The standard InChI is InChI=1S/C21H33N3O/c1-3-22(4-2)19-10-12-20(13-11-19)23-14-16-24(17-15-23)21(25)18-8-6-5-7-9-18/h10-13,18H,3-9,14-17H2,1-2H3. The first-order valence-corrected chi connectivity index (χ1v) is 10.1. The summed E-state index contributed by atoms with van der Waals surface area (Å²) in [5.41, 5.74) is 2.57. The van der Waals surface area contributed by atoms with E-state index in [4.69, 9.17) is 0 Å². The maximum Gasteiger partial charge on any atom is 0.225 e. The Balaban J connectivity index is 1.54. The van der Waals surface area contributed by atoms with Crippen molar-refractivity contribution in [3.05, 3.63) is 24.3 Å². The van der Waals surface area contributed by atoms with Crippen molar-refractivity contribution in [2.24, 2.45) is 5.92 Å². The highest BCUT2D eigenvalue weighted by atomic mass is 16.2. The molecule has 1 saturated carbocycles. The number of anilines is 2. The van der Waals surface area contributed by atoms with Crippen LogP contribution in [-0.4, -0.2) is 50.1 Å². The maximum absolute atomic E-state index is 12.7. The maximum atomic E-state index is 12.7. The van der Waals surface area contributed by atoms with Crippen molar-refractivity contribution in [3.63, 3.8) is 0 Å². The molecule has 4 nitrogen and oxygen atoms in total. The van der Waals surface area contributed by atoms with Crippen LogP contribution in [0.1, 0.15) is 46.0 Å². The van der Waals surface area contributed by atoms with Gasteiger partial charge in [0.05, 0.1) is 0 Å². The van der Waals surface area contributed by atoms with Gasteiger partial charge in [0.1, 0.15) is 0 Å². The van der Waals surface area contributed by atoms with Crippen molar-refractivity contribution in [2.45, 2.75) is 46.0 Å². The largest absolute Gasteiger partial charge is 0.372 e. The van der Waals surface area contributed by atoms with Gasteiger partial charge in [-0.05, 0) is 51.0 Å². The van der Waals surface area contributed by atoms with Crippen LogP contribution in [0.15, 0.2) is 24.3 Å². The molecule has 1 saturated heterocycles. The van der Waals surface area contributed by atoms with E-state index in [1.54, 1.807) is 0 Å². The first kappa shape index (κ1) is 18.1. The third-order valence-corrected chi connectivity index (χ3v) is 5.89. The van der Waals surface area contributed by atoms with Gasteiger partial charge in [0.15, 0.2) is 0 Å². The van der Waals surface area contributed by atoms with Crippen molar-refractivity contribution in [1.29, 1.82) is 0 Å². The molecule has 1 aliphatic heterocycles. The molecule has 1 aromatic carbocycles. The lowest BCUT2D eigenvalue weighted by Crippen LogP contribution is -2.50. The van der Waals surface area contributed by atoms with Gasteiger partial charge in [0.25, 0.3) is 0 Å². The van der Waals surface area contributed by atoms with E-state index in [2.05, 4.69) is 52.8 Å². The van der Waals surface area contributed by atoms with E-state index in [1.165, 1.54) is 30.6 Å². The van der Waals surface area contributed by atoms with Crippen molar-refractivity contribution >= 4 is 17.3 Å². The topological polar surface area (TPSA) is 26.8 Å². The van der Waals surface area contributed by atoms with Crippen molar-refractivity contribution in [3.8, 4) is 0 Å². The molecule has 1 aromatic rings. The fourth-order valence-corrected chi connectivity index (χ4v) is 4.26. The van der Waals surface area contributed by atoms with E-state index >= 15 is 0 Å². The monoisotopic (exact) mass is 343 g/mol. The Hall–Kier alpha value is -1.71. The van der Waals surface area contributed by atoms with Crippen LogP contribution >= 0.6 is 0 Å². The Bertz CT molecular complexity index is 539. The molecule has 0 radical (unpaired) electrons. The number of benzene rings is 1. The van der Waals surface area contributed by atoms with Gasteiger partial charge in [0.2, 0.25) is 5.91 Å². The lowest BCUT2D eigenvalue weighted by molar-refractivity contribution is -0.136. The summed E-state index contributed by atoms with van der Waals surface area (Å²) in [6.45, 7) is 10.1. The van der Waals surface area contributed by atoms with Gasteiger partial charge in [-0.25, -0.2) is 0 Å². The van der Waals surface area contributed by atoms with Crippen molar-refractivity contribution in [1.82, 2.24) is 4.90 Å². The van der Waals surface area contributed by atoms with Crippen LogP contribution in [0.3, 0.4) is 0 Å². The summed E-state index contributed by atoms with van der Waals surface area (Å²) >= 11 is 0. The number of hydrogen-bond acceptors (Lipinski definition) is 3. The van der Waals surface area contributed by atoms with E-state index < -0.39 is 0 Å². The van der Waals surface area contributed by atoms with Crippen LogP contribution < -0.4 is 9.80 Å². The molecule has 3 rings (SSSR count). The molecule has 1 amide bonds. The average molecular weight is 344 g/mol. The van der Waals surface area contributed by atoms with Gasteiger partial charge in [-0.3, -0.25) is 4.79 Å². The minimum Gasteiger partial charge on any atom is -0.372 e. The zero-order valence-electron chi connectivity index (χ0n) is 15.9. The minimum atomic E-state index is 0.300. The van der Waals surface area contributed by atoms with Gasteiger partial charge in [-0.2, -0.15) is 0 Å². The van der Waals surface area contributed by atoms with Gasteiger partial charge < -0.3 is 14.7 Å². The highest BCUT2D eigenvalue weighted by Crippen LogP contribution is 2.27. The second kappa shape index (κ2) is 8.59. The Morgan fingerprint density at radius 3 is 2.12 bits per heavy atom.